The van der Waals surface area contributed by atoms with Gasteiger partial charge in [0.05, 0.1) is 81.1 Å². The summed E-state index contributed by atoms with van der Waals surface area (Å²) in [6.07, 6.45) is 13.3. The number of carbonyl (C=O) groups is 1. The zero-order valence-corrected chi connectivity index (χ0v) is 58.1. The van der Waals surface area contributed by atoms with Crippen molar-refractivity contribution in [2.45, 2.75) is 90.8 Å². The van der Waals surface area contributed by atoms with Crippen molar-refractivity contribution >= 4 is 144 Å². The van der Waals surface area contributed by atoms with Crippen LogP contribution in [0.1, 0.15) is 95.1 Å². The van der Waals surface area contributed by atoms with Gasteiger partial charge in [0.25, 0.3) is 10.8 Å². The third-order valence-corrected chi connectivity index (χ3v) is 21.2. The first kappa shape index (κ1) is 70.0. The molecule has 2 aromatic heterocycles. The Morgan fingerprint density at radius 1 is 0.628 bits per heavy atom. The molecule has 0 aliphatic carbocycles. The summed E-state index contributed by atoms with van der Waals surface area (Å²) in [5.41, 5.74) is 9.16. The highest BCUT2D eigenvalue weighted by Crippen LogP contribution is 2.47. The average molecular weight is 1430 g/mol. The molecule has 1 atom stereocenters. The Morgan fingerprint density at radius 2 is 1.19 bits per heavy atom. The number of aromatic nitrogens is 3. The van der Waals surface area contributed by atoms with Gasteiger partial charge in [-0.3, -0.25) is 10.1 Å². The van der Waals surface area contributed by atoms with Gasteiger partial charge in [-0.1, -0.05) is 156 Å². The second-order valence-electron chi connectivity index (χ2n) is 23.2. The molecule has 0 saturated carbocycles. The third-order valence-electron chi connectivity index (χ3n) is 16.3. The van der Waals surface area contributed by atoms with Gasteiger partial charge in [-0.25, -0.2) is 34.4 Å². The number of amides is 1. The second-order valence-corrected chi connectivity index (χ2v) is 30.4. The van der Waals surface area contributed by atoms with Crippen LogP contribution in [0.5, 0.6) is 5.75 Å². The molecule has 2 aliphatic heterocycles. The van der Waals surface area contributed by atoms with Gasteiger partial charge < -0.3 is 33.1 Å². The number of halogens is 4. The van der Waals surface area contributed by atoms with Crippen molar-refractivity contribution in [3.63, 3.8) is 0 Å². The van der Waals surface area contributed by atoms with Crippen molar-refractivity contribution in [2.24, 2.45) is 7.05 Å². The van der Waals surface area contributed by atoms with E-state index in [2.05, 4.69) is 53.2 Å². The van der Waals surface area contributed by atoms with Crippen LogP contribution < -0.4 is 33.9 Å². The monoisotopic (exact) mass is 1430 g/mol. The van der Waals surface area contributed by atoms with Gasteiger partial charge in [0.1, 0.15) is 10.5 Å². The summed E-state index contributed by atoms with van der Waals surface area (Å²) >= 11 is 27.9. The third kappa shape index (κ3) is 17.4. The summed E-state index contributed by atoms with van der Waals surface area (Å²) in [7, 11) is -11.7. The maximum atomic E-state index is 14.5. The Labute approximate surface area is 572 Å². The van der Waals surface area contributed by atoms with E-state index in [9.17, 15) is 43.7 Å². The van der Waals surface area contributed by atoms with Crippen LogP contribution in [0.15, 0.2) is 157 Å². The van der Waals surface area contributed by atoms with E-state index in [-0.39, 0.29) is 66.3 Å². The number of fused-ring (bicyclic) bond motifs is 4. The van der Waals surface area contributed by atoms with Crippen LogP contribution in [-0.4, -0.2) is 86.3 Å². The number of unbranched alkanes of at least 4 members (excludes halogenated alkanes) is 3. The van der Waals surface area contributed by atoms with Crippen LogP contribution in [-0.2, 0) is 48.7 Å². The van der Waals surface area contributed by atoms with E-state index in [1.54, 1.807) is 41.7 Å². The average Bonchev–Trinajstić information content (AvgIpc) is 1.63. The van der Waals surface area contributed by atoms with Gasteiger partial charge >= 0.3 is 0 Å². The number of imidazole rings is 1. The summed E-state index contributed by atoms with van der Waals surface area (Å²) in [5.74, 6) is 0.442. The molecule has 496 valence electrons. The standard InChI is InChI=1S/C68H71Cl4N7O11S4/c1-4-5-23-63(79-60-41-50(48-21-11-7-12-22-48)28-30-62(60)91-68(79)39-46(2)38-67-78(34-18-37-94(87,88)89)59-40-49(27-29-61(59)90-67)47-19-9-6-10-20-47)73-64(80)24-13-8-14-31-76-57-44-53(71)54(72)45-58(57)77(33-17-36-93(84,85)86)66(76)26-15-25-65-74(3)55-42-51(69)52(70)43-56(55)75(65)32-16-35-92(81,82)83/h6-7,9-12,15,19-22,25-30,38-45,63H,4-5,8,13-14,16-18,23-24,31-37H2,1-3H3,(H2-2,73,80,81,82,83,84,85,86,87,88,89)/p-1. The molecule has 0 fully saturated rings. The molecular weight excluding hydrogens is 1360 g/mol. The number of ether oxygens (including phenoxy) is 1. The van der Waals surface area contributed by atoms with E-state index < -0.39 is 53.8 Å². The molecule has 2 aliphatic rings. The van der Waals surface area contributed by atoms with Gasteiger partial charge in [0.2, 0.25) is 23.5 Å². The van der Waals surface area contributed by atoms with Gasteiger partial charge in [-0.2, -0.15) is 4.57 Å². The Hall–Kier alpha value is -6.80. The lowest BCUT2D eigenvalue weighted by Crippen LogP contribution is -2.50. The normalized spacial score (nSPS) is 14.9. The van der Waals surface area contributed by atoms with Crippen molar-refractivity contribution in [1.29, 1.82) is 0 Å². The Bertz CT molecular complexity index is 4620. The molecule has 1 N–H and O–H groups in total. The van der Waals surface area contributed by atoms with Crippen molar-refractivity contribution < 1.29 is 57.6 Å². The topological polar surface area (TPSA) is 232 Å². The number of allylic oxidation sites excluding steroid dienone is 4. The molecule has 0 bridgehead atoms. The van der Waals surface area contributed by atoms with Crippen LogP contribution >= 0.6 is 57.7 Å². The zero-order valence-electron chi connectivity index (χ0n) is 51.9. The van der Waals surface area contributed by atoms with Crippen LogP contribution in [0.4, 0.5) is 17.1 Å². The molecular formula is C68H70Cl4N7O11S4-. The summed E-state index contributed by atoms with van der Waals surface area (Å²) in [5, 5.41) is 5.45. The molecule has 26 heteroatoms. The van der Waals surface area contributed by atoms with Crippen LogP contribution in [0.2, 0.25) is 20.1 Å². The highest BCUT2D eigenvalue weighted by molar-refractivity contribution is 7.86. The minimum atomic E-state index is -4.56. The largest absolute Gasteiger partial charge is 0.748 e. The minimum Gasteiger partial charge on any atom is -0.748 e. The van der Waals surface area contributed by atoms with Crippen LogP contribution in [0, 0.1) is 0 Å². The Kier molecular flexibility index (Phi) is 22.7. The maximum Gasteiger partial charge on any atom is 0.282 e. The molecule has 6 aromatic carbocycles. The molecule has 0 saturated heterocycles. The van der Waals surface area contributed by atoms with Gasteiger partial charge in [-0.15, -0.1) is 0 Å². The lowest BCUT2D eigenvalue weighted by Gasteiger charge is -2.25. The number of carbonyl (C=O) groups excluding carboxylic acids is 1. The van der Waals surface area contributed by atoms with Crippen molar-refractivity contribution in [3.8, 4) is 28.0 Å². The molecule has 1 amide bonds. The fourth-order valence-electron chi connectivity index (χ4n) is 11.9. The first-order chi connectivity index (χ1) is 44.8. The fraction of sp³-hybridized carbons (Fsp3) is 0.309. The first-order valence-electron chi connectivity index (χ1n) is 30.8. The van der Waals surface area contributed by atoms with E-state index >= 15 is 0 Å². The predicted octanol–water partition coefficient (Wildman–Crippen LogP) is 14.1. The van der Waals surface area contributed by atoms with Crippen LogP contribution in [0.25, 0.3) is 55.7 Å². The summed E-state index contributed by atoms with van der Waals surface area (Å²) < 4.78 is 120. The van der Waals surface area contributed by atoms with E-state index in [4.69, 9.17) is 51.1 Å². The molecule has 10 rings (SSSR count). The number of thiazole rings is 1. The Morgan fingerprint density at radius 3 is 1.81 bits per heavy atom. The number of nitrogens with one attached hydrogen (secondary N) is 1. The lowest BCUT2D eigenvalue weighted by molar-refractivity contribution is -0.700. The smallest absolute Gasteiger partial charge is 0.282 e. The molecule has 8 aromatic rings. The fourth-order valence-corrected chi connectivity index (χ4v) is 15.2. The molecule has 4 heterocycles. The molecule has 0 spiro atoms. The van der Waals surface area contributed by atoms with Gasteiger partial charge in [0.15, 0.2) is 16.8 Å². The van der Waals surface area contributed by atoms with Gasteiger partial charge in [0, 0.05) is 86.2 Å². The van der Waals surface area contributed by atoms with E-state index in [0.717, 1.165) is 61.6 Å². The SMILES string of the molecule is CCCCC(NC(=O)CCCCCN1C(=CC=Cc2n(CCCS(=O)(=O)[O-])c3cc(Cl)c(Cl)cc3[n+]2C)N(CCCS(=O)(=O)[O-])c2cc(Cl)c(Cl)cc21)[n+]1c(C=C(C)C=C2Oc3ccc(-c4ccccc4)cc3N2CCCS(=O)(=O)[O-])sc2ccc(-c3ccccc3)cc21. The van der Waals surface area contributed by atoms with E-state index in [0.29, 0.717) is 82.9 Å². The lowest BCUT2D eigenvalue weighted by atomic mass is 10.0. The summed E-state index contributed by atoms with van der Waals surface area (Å²) in [6, 6.07) is 39.0. The molecule has 18 nitrogen and oxygen atoms in total. The number of hydrogen-bond acceptors (Lipinski definition) is 15. The van der Waals surface area contributed by atoms with Crippen molar-refractivity contribution in [3.05, 3.63) is 188 Å². The molecule has 1 unspecified atom stereocenters. The number of rotatable bonds is 29. The van der Waals surface area contributed by atoms with E-state index in [1.165, 1.54) is 0 Å². The summed E-state index contributed by atoms with van der Waals surface area (Å²) in [4.78, 5) is 20.3. The first-order valence-corrected chi connectivity index (χ1v) is 37.9. The minimum absolute atomic E-state index is 0.00690. The summed E-state index contributed by atoms with van der Waals surface area (Å²) in [6.45, 7) is 4.98. The number of anilines is 3. The van der Waals surface area contributed by atoms with Crippen LogP contribution in [0.3, 0.4) is 0 Å². The quantitative estimate of drug-likeness (QED) is 0.0261. The zero-order chi connectivity index (χ0) is 67.1. The number of benzene rings is 6. The predicted molar refractivity (Wildman–Crippen MR) is 373 cm³/mol. The maximum absolute atomic E-state index is 14.5. The second kappa shape index (κ2) is 30.5. The number of nitrogens with zero attached hydrogens (tertiary/aromatic N) is 6. The van der Waals surface area contributed by atoms with Gasteiger partial charge in [-0.05, 0) is 110 Å². The molecule has 0 radical (unpaired) electrons. The Balaban J connectivity index is 0.915. The number of hydrogen-bond donors (Lipinski definition) is 1. The number of aryl methyl sites for hydroxylation is 2. The highest BCUT2D eigenvalue weighted by atomic mass is 35.5. The highest BCUT2D eigenvalue weighted by Gasteiger charge is 2.34. The van der Waals surface area contributed by atoms with E-state index in [1.807, 2.05) is 123 Å². The van der Waals surface area contributed by atoms with Crippen molar-refractivity contribution in [2.75, 3.05) is 51.6 Å². The van der Waals surface area contributed by atoms with Crippen molar-refractivity contribution in [1.82, 2.24) is 9.88 Å². The molecule has 94 heavy (non-hydrogen) atoms.